The number of halogens is 3. The summed E-state index contributed by atoms with van der Waals surface area (Å²) in [6.07, 6.45) is 0.0593. The van der Waals surface area contributed by atoms with Crippen molar-refractivity contribution >= 4 is 11.7 Å². The molecule has 4 rings (SSSR count). The minimum Gasteiger partial charge on any atom is -0.393 e. The van der Waals surface area contributed by atoms with Gasteiger partial charge in [0.25, 0.3) is 0 Å². The number of rotatable bonds is 3. The van der Waals surface area contributed by atoms with Crippen LogP contribution in [0.4, 0.5) is 18.0 Å². The molecule has 5 nitrogen and oxygen atoms in total. The average molecular weight is 464 g/mol. The van der Waals surface area contributed by atoms with Crippen LogP contribution >= 0.6 is 0 Å². The zero-order chi connectivity index (χ0) is 23.8. The predicted octanol–water partition coefficient (Wildman–Crippen LogP) is 5.07. The quantitative estimate of drug-likeness (QED) is 0.680. The Hall–Kier alpha value is -2.35. The van der Waals surface area contributed by atoms with Gasteiger partial charge < -0.3 is 14.9 Å². The molecule has 1 N–H and O–H groups in total. The van der Waals surface area contributed by atoms with E-state index in [-0.39, 0.29) is 24.0 Å². The van der Waals surface area contributed by atoms with Crippen LogP contribution in [0.15, 0.2) is 41.0 Å². The summed E-state index contributed by atoms with van der Waals surface area (Å²) in [7, 11) is 0. The first-order valence-corrected chi connectivity index (χ1v) is 11.8. The number of hydrogen-bond acceptors (Lipinski definition) is 3. The van der Waals surface area contributed by atoms with E-state index in [0.717, 1.165) is 41.9 Å². The van der Waals surface area contributed by atoms with Gasteiger partial charge in [0.1, 0.15) is 0 Å². The molecule has 3 aliphatic heterocycles. The fourth-order valence-electron chi connectivity index (χ4n) is 5.03. The molecule has 33 heavy (non-hydrogen) atoms. The standard InChI is InChI=1S/C25H32F3N3O2/c1-16(2)22-7-8-23(29-22)19-13-18(17-3-5-20(6-4-17)25(26,27)28)14-31(15-19)24(33)30-11-9-21(32)10-12-30/h3-7,16,18-19,21,32H,8-15H2,1-2H3. The number of urea groups is 1. The van der Waals surface area contributed by atoms with Crippen LogP contribution in [0.5, 0.6) is 0 Å². The van der Waals surface area contributed by atoms with Gasteiger partial charge >= 0.3 is 12.2 Å². The monoisotopic (exact) mass is 463 g/mol. The van der Waals surface area contributed by atoms with E-state index in [9.17, 15) is 23.1 Å². The topological polar surface area (TPSA) is 56.1 Å². The van der Waals surface area contributed by atoms with E-state index in [4.69, 9.17) is 4.99 Å². The molecule has 0 aliphatic carbocycles. The normalized spacial score (nSPS) is 24.8. The minimum absolute atomic E-state index is 0.0563. The minimum atomic E-state index is -4.37. The summed E-state index contributed by atoms with van der Waals surface area (Å²) in [4.78, 5) is 21.8. The van der Waals surface area contributed by atoms with Crippen molar-refractivity contribution in [2.24, 2.45) is 16.8 Å². The van der Waals surface area contributed by atoms with E-state index >= 15 is 0 Å². The van der Waals surface area contributed by atoms with E-state index in [0.29, 0.717) is 44.9 Å². The summed E-state index contributed by atoms with van der Waals surface area (Å²) >= 11 is 0. The Bertz CT molecular complexity index is 916. The third-order valence-corrected chi connectivity index (χ3v) is 7.02. The number of hydrogen-bond donors (Lipinski definition) is 1. The Kier molecular flexibility index (Phi) is 6.84. The molecule has 2 unspecified atom stereocenters. The molecular weight excluding hydrogens is 431 g/mol. The van der Waals surface area contributed by atoms with Crippen LogP contribution in [-0.2, 0) is 6.18 Å². The van der Waals surface area contributed by atoms with E-state index in [1.807, 2.05) is 4.90 Å². The Morgan fingerprint density at radius 1 is 1.06 bits per heavy atom. The molecule has 180 valence electrons. The van der Waals surface area contributed by atoms with Gasteiger partial charge in [-0.15, -0.1) is 0 Å². The van der Waals surface area contributed by atoms with Crippen LogP contribution in [-0.4, -0.2) is 58.9 Å². The second kappa shape index (κ2) is 9.49. The molecule has 0 aromatic heterocycles. The van der Waals surface area contributed by atoms with Gasteiger partial charge in [-0.3, -0.25) is 4.99 Å². The van der Waals surface area contributed by atoms with Gasteiger partial charge in [-0.25, -0.2) is 4.79 Å². The SMILES string of the molecule is CC(C)C1=CCC(C2CC(c3ccc(C(F)(F)F)cc3)CN(C(=O)N3CCC(O)CC3)C2)=N1. The highest BCUT2D eigenvalue weighted by molar-refractivity contribution is 5.92. The fraction of sp³-hybridized carbons (Fsp3) is 0.600. The van der Waals surface area contributed by atoms with Crippen molar-refractivity contribution < 1.29 is 23.1 Å². The van der Waals surface area contributed by atoms with Crippen molar-refractivity contribution in [3.63, 3.8) is 0 Å². The lowest BCUT2D eigenvalue weighted by molar-refractivity contribution is -0.137. The van der Waals surface area contributed by atoms with Gasteiger partial charge in [0.05, 0.1) is 11.7 Å². The molecule has 2 fully saturated rings. The lowest BCUT2D eigenvalue weighted by atomic mass is 9.81. The van der Waals surface area contributed by atoms with E-state index < -0.39 is 11.7 Å². The van der Waals surface area contributed by atoms with Crippen LogP contribution in [0.2, 0.25) is 0 Å². The van der Waals surface area contributed by atoms with E-state index in [2.05, 4.69) is 19.9 Å². The number of likely N-dealkylation sites (tertiary alicyclic amines) is 2. The lowest BCUT2D eigenvalue weighted by Gasteiger charge is -2.41. The molecule has 0 bridgehead atoms. The largest absolute Gasteiger partial charge is 0.416 e. The van der Waals surface area contributed by atoms with E-state index in [1.165, 1.54) is 0 Å². The number of aliphatic imine (C=N–C) groups is 1. The Balaban J connectivity index is 1.56. The number of aliphatic hydroxyl groups is 1. The summed E-state index contributed by atoms with van der Waals surface area (Å²) in [5.74, 6) is 0.336. The van der Waals surface area contributed by atoms with Gasteiger partial charge in [-0.05, 0) is 42.9 Å². The third kappa shape index (κ3) is 5.42. The lowest BCUT2D eigenvalue weighted by Crippen LogP contribution is -2.52. The van der Waals surface area contributed by atoms with Gasteiger partial charge in [0.2, 0.25) is 0 Å². The van der Waals surface area contributed by atoms with Crippen LogP contribution in [0.25, 0.3) is 0 Å². The molecule has 2 amide bonds. The molecule has 0 radical (unpaired) electrons. The number of allylic oxidation sites excluding steroid dienone is 2. The zero-order valence-electron chi connectivity index (χ0n) is 19.2. The number of aliphatic hydroxyl groups excluding tert-OH is 1. The molecule has 0 saturated carbocycles. The molecule has 3 heterocycles. The Morgan fingerprint density at radius 2 is 1.70 bits per heavy atom. The Morgan fingerprint density at radius 3 is 2.27 bits per heavy atom. The zero-order valence-corrected chi connectivity index (χ0v) is 19.2. The highest BCUT2D eigenvalue weighted by Gasteiger charge is 2.37. The van der Waals surface area contributed by atoms with Crippen molar-refractivity contribution in [3.8, 4) is 0 Å². The van der Waals surface area contributed by atoms with Crippen LogP contribution < -0.4 is 0 Å². The molecule has 2 saturated heterocycles. The van der Waals surface area contributed by atoms with Gasteiger partial charge in [0, 0.05) is 55.8 Å². The third-order valence-electron chi connectivity index (χ3n) is 7.02. The maximum Gasteiger partial charge on any atom is 0.416 e. The van der Waals surface area contributed by atoms with Crippen molar-refractivity contribution in [2.75, 3.05) is 26.2 Å². The molecule has 8 heteroatoms. The first-order valence-electron chi connectivity index (χ1n) is 11.8. The first-order chi connectivity index (χ1) is 15.6. The highest BCUT2D eigenvalue weighted by Crippen LogP contribution is 2.36. The highest BCUT2D eigenvalue weighted by atomic mass is 19.4. The van der Waals surface area contributed by atoms with Crippen molar-refractivity contribution in [2.45, 2.75) is 57.7 Å². The molecule has 1 aromatic rings. The maximum atomic E-state index is 13.3. The number of carbonyl (C=O) groups is 1. The number of carbonyl (C=O) groups excluding carboxylic acids is 1. The molecular formula is C25H32F3N3O2. The number of piperidine rings is 2. The summed E-state index contributed by atoms with van der Waals surface area (Å²) < 4.78 is 39.1. The number of alkyl halides is 3. The number of amides is 2. The van der Waals surface area contributed by atoms with Crippen LogP contribution in [0.1, 0.15) is 56.6 Å². The summed E-state index contributed by atoms with van der Waals surface area (Å²) in [6, 6.07) is 5.29. The van der Waals surface area contributed by atoms with Gasteiger partial charge in [-0.1, -0.05) is 32.1 Å². The smallest absolute Gasteiger partial charge is 0.393 e. The maximum absolute atomic E-state index is 13.3. The second-order valence-electron chi connectivity index (χ2n) is 9.75. The summed E-state index contributed by atoms with van der Waals surface area (Å²) in [5, 5.41) is 9.79. The molecule has 1 aromatic carbocycles. The van der Waals surface area contributed by atoms with Crippen molar-refractivity contribution in [1.29, 1.82) is 0 Å². The first kappa shape index (κ1) is 23.8. The van der Waals surface area contributed by atoms with Gasteiger partial charge in [-0.2, -0.15) is 13.2 Å². The fourth-order valence-corrected chi connectivity index (χ4v) is 5.03. The Labute approximate surface area is 193 Å². The van der Waals surface area contributed by atoms with Gasteiger partial charge in [0.15, 0.2) is 0 Å². The van der Waals surface area contributed by atoms with Crippen LogP contribution in [0.3, 0.4) is 0 Å². The second-order valence-corrected chi connectivity index (χ2v) is 9.75. The molecule has 2 atom stereocenters. The number of benzene rings is 1. The average Bonchev–Trinajstić information content (AvgIpc) is 3.29. The van der Waals surface area contributed by atoms with Crippen LogP contribution in [0, 0.1) is 11.8 Å². The van der Waals surface area contributed by atoms with E-state index in [1.54, 1.807) is 17.0 Å². The predicted molar refractivity (Wildman–Crippen MR) is 121 cm³/mol. The van der Waals surface area contributed by atoms with Crippen molar-refractivity contribution in [3.05, 3.63) is 47.2 Å². The number of nitrogens with zero attached hydrogens (tertiary/aromatic N) is 3. The molecule has 3 aliphatic rings. The summed E-state index contributed by atoms with van der Waals surface area (Å²) in [6.45, 7) is 6.28. The van der Waals surface area contributed by atoms with Crippen molar-refractivity contribution in [1.82, 2.24) is 9.80 Å². The molecule has 0 spiro atoms. The summed E-state index contributed by atoms with van der Waals surface area (Å²) in [5.41, 5.74) is 2.27.